The van der Waals surface area contributed by atoms with Gasteiger partial charge in [-0.1, -0.05) is 17.7 Å². The lowest BCUT2D eigenvalue weighted by atomic mass is 10.1. The van der Waals surface area contributed by atoms with E-state index >= 15 is 0 Å². The van der Waals surface area contributed by atoms with E-state index in [9.17, 15) is 9.59 Å². The Labute approximate surface area is 211 Å². The van der Waals surface area contributed by atoms with Gasteiger partial charge in [0.1, 0.15) is 5.82 Å². The van der Waals surface area contributed by atoms with E-state index in [2.05, 4.69) is 26.0 Å². The molecule has 36 heavy (non-hydrogen) atoms. The largest absolute Gasteiger partial charge is 0.383 e. The molecule has 3 amide bonds. The number of pyridine rings is 1. The first-order chi connectivity index (χ1) is 17.4. The third kappa shape index (κ3) is 4.75. The maximum absolute atomic E-state index is 13.1. The number of nitrogen functional groups attached to an aromatic ring is 1. The molecule has 0 spiro atoms. The highest BCUT2D eigenvalue weighted by molar-refractivity contribution is 7.18. The summed E-state index contributed by atoms with van der Waals surface area (Å²) in [4.78, 5) is 29.7. The Morgan fingerprint density at radius 3 is 2.14 bits per heavy atom. The number of aromatic nitrogens is 3. The maximum Gasteiger partial charge on any atom is 0.323 e. The van der Waals surface area contributed by atoms with Crippen molar-refractivity contribution in [2.45, 2.75) is 6.92 Å². The number of carbonyl (C=O) groups is 2. The van der Waals surface area contributed by atoms with E-state index in [1.165, 1.54) is 11.3 Å². The predicted molar refractivity (Wildman–Crippen MR) is 144 cm³/mol. The van der Waals surface area contributed by atoms with Crippen LogP contribution in [-0.4, -0.2) is 26.7 Å². The molecule has 0 saturated heterocycles. The highest BCUT2D eigenvalue weighted by Crippen LogP contribution is 2.37. The second-order valence-electron chi connectivity index (χ2n) is 8.29. The van der Waals surface area contributed by atoms with E-state index in [4.69, 9.17) is 5.73 Å². The van der Waals surface area contributed by atoms with Gasteiger partial charge in [0.05, 0.1) is 11.8 Å². The molecule has 0 aliphatic heterocycles. The number of hydrogen-bond acceptors (Lipinski definition) is 6. The number of thiophene rings is 1. The molecule has 9 nitrogen and oxygen atoms in total. The van der Waals surface area contributed by atoms with Crippen molar-refractivity contribution in [3.05, 3.63) is 83.6 Å². The number of benzene rings is 2. The van der Waals surface area contributed by atoms with Gasteiger partial charge in [-0.3, -0.25) is 9.48 Å². The number of nitrogens with zero attached hydrogens (tertiary/aromatic N) is 3. The van der Waals surface area contributed by atoms with Crippen molar-refractivity contribution in [2.75, 3.05) is 21.7 Å². The van der Waals surface area contributed by atoms with Crippen molar-refractivity contribution in [3.8, 4) is 11.1 Å². The number of carbonyl (C=O) groups excluding carboxylic acids is 2. The SMILES string of the molecule is Cc1ccc(NC(=O)Nc2ccc(NC(=O)c3csc4c(-c5cnn(C)c5)cnc(N)c34)cc2)cc1. The predicted octanol–water partition coefficient (Wildman–Crippen LogP) is 5.48. The molecule has 10 heteroatoms. The molecule has 0 aliphatic carbocycles. The van der Waals surface area contributed by atoms with E-state index < -0.39 is 0 Å². The van der Waals surface area contributed by atoms with Gasteiger partial charge in [0.2, 0.25) is 0 Å². The fourth-order valence-electron chi connectivity index (χ4n) is 3.77. The van der Waals surface area contributed by atoms with Crippen LogP contribution < -0.4 is 21.7 Å². The molecule has 2 aromatic carbocycles. The van der Waals surface area contributed by atoms with Crippen LogP contribution in [-0.2, 0) is 7.05 Å². The molecule has 0 bridgehead atoms. The summed E-state index contributed by atoms with van der Waals surface area (Å²) in [5.74, 6) is -0.000845. The molecule has 5 rings (SSSR count). The summed E-state index contributed by atoms with van der Waals surface area (Å²) in [5, 5.41) is 15.1. The number of hydrogen-bond donors (Lipinski definition) is 4. The molecule has 0 radical (unpaired) electrons. The van der Waals surface area contributed by atoms with Crippen LogP contribution in [0.15, 0.2) is 72.5 Å². The van der Waals surface area contributed by atoms with E-state index in [1.807, 2.05) is 44.4 Å². The molecule has 3 aromatic heterocycles. The third-order valence-electron chi connectivity index (χ3n) is 5.60. The Bertz CT molecular complexity index is 1570. The molecular formula is C26H23N7O2S. The van der Waals surface area contributed by atoms with E-state index in [1.54, 1.807) is 46.7 Å². The summed E-state index contributed by atoms with van der Waals surface area (Å²) in [5.41, 5.74) is 11.4. The van der Waals surface area contributed by atoms with Gasteiger partial charge in [-0.25, -0.2) is 9.78 Å². The van der Waals surface area contributed by atoms with Gasteiger partial charge in [0, 0.05) is 63.1 Å². The van der Waals surface area contributed by atoms with Crippen molar-refractivity contribution in [3.63, 3.8) is 0 Å². The van der Waals surface area contributed by atoms with Crippen molar-refractivity contribution < 1.29 is 9.59 Å². The third-order valence-corrected chi connectivity index (χ3v) is 6.61. The summed E-state index contributed by atoms with van der Waals surface area (Å²) in [6.07, 6.45) is 5.35. The summed E-state index contributed by atoms with van der Waals surface area (Å²) in [6, 6.07) is 14.0. The highest BCUT2D eigenvalue weighted by Gasteiger charge is 2.19. The van der Waals surface area contributed by atoms with E-state index in [0.717, 1.165) is 21.4 Å². The molecule has 0 fully saturated rings. The fraction of sp³-hybridized carbons (Fsp3) is 0.0769. The first kappa shape index (κ1) is 23.1. The number of fused-ring (bicyclic) bond motifs is 1. The second kappa shape index (κ2) is 9.51. The zero-order valence-electron chi connectivity index (χ0n) is 19.6. The van der Waals surface area contributed by atoms with Crippen LogP contribution in [0.2, 0.25) is 0 Å². The van der Waals surface area contributed by atoms with Gasteiger partial charge in [0.25, 0.3) is 5.91 Å². The zero-order chi connectivity index (χ0) is 25.2. The Hall–Kier alpha value is -4.70. The van der Waals surface area contributed by atoms with Crippen LogP contribution in [0.25, 0.3) is 21.2 Å². The highest BCUT2D eigenvalue weighted by atomic mass is 32.1. The molecule has 180 valence electrons. The molecule has 0 unspecified atom stereocenters. The van der Waals surface area contributed by atoms with Crippen molar-refractivity contribution in [2.24, 2.45) is 7.05 Å². The quantitative estimate of drug-likeness (QED) is 0.256. The fourth-order valence-corrected chi connectivity index (χ4v) is 4.86. The summed E-state index contributed by atoms with van der Waals surface area (Å²) in [7, 11) is 1.84. The normalized spacial score (nSPS) is 10.8. The van der Waals surface area contributed by atoms with E-state index in [0.29, 0.717) is 33.8 Å². The number of rotatable bonds is 5. The van der Waals surface area contributed by atoms with Crippen LogP contribution >= 0.6 is 11.3 Å². The van der Waals surface area contributed by atoms with Gasteiger partial charge < -0.3 is 21.7 Å². The summed E-state index contributed by atoms with van der Waals surface area (Å²) >= 11 is 1.44. The first-order valence-electron chi connectivity index (χ1n) is 11.1. The molecule has 3 heterocycles. The Morgan fingerprint density at radius 1 is 0.917 bits per heavy atom. The minimum atomic E-state index is -0.354. The van der Waals surface area contributed by atoms with Crippen LogP contribution in [0.1, 0.15) is 15.9 Å². The molecular weight excluding hydrogens is 474 g/mol. The molecule has 0 saturated carbocycles. The number of amides is 3. The van der Waals surface area contributed by atoms with E-state index in [-0.39, 0.29) is 11.9 Å². The smallest absolute Gasteiger partial charge is 0.323 e. The van der Waals surface area contributed by atoms with Gasteiger partial charge >= 0.3 is 6.03 Å². The van der Waals surface area contributed by atoms with Crippen LogP contribution in [0.4, 0.5) is 27.7 Å². The second-order valence-corrected chi connectivity index (χ2v) is 9.17. The Morgan fingerprint density at radius 2 is 1.53 bits per heavy atom. The van der Waals surface area contributed by atoms with Crippen LogP contribution in [0.5, 0.6) is 0 Å². The van der Waals surface area contributed by atoms with Gasteiger partial charge in [-0.05, 0) is 43.3 Å². The molecule has 5 N–H and O–H groups in total. The monoisotopic (exact) mass is 497 g/mol. The topological polar surface area (TPSA) is 127 Å². The molecule has 0 atom stereocenters. The van der Waals surface area contributed by atoms with Crippen LogP contribution in [0.3, 0.4) is 0 Å². The average Bonchev–Trinajstić information content (AvgIpc) is 3.49. The standard InChI is InChI=1S/C26H23N7O2S/c1-15-3-5-18(6-4-15)31-26(35)32-19-9-7-17(8-10-19)30-25(34)21-14-36-23-20(12-28-24(27)22(21)23)16-11-29-33(2)13-16/h3-14H,1-2H3,(H2,27,28)(H,30,34)(H2,31,32,35). The summed E-state index contributed by atoms with van der Waals surface area (Å²) in [6.45, 7) is 1.98. The lowest BCUT2D eigenvalue weighted by Crippen LogP contribution is -2.19. The Balaban J connectivity index is 1.29. The van der Waals surface area contributed by atoms with Gasteiger partial charge in [0.15, 0.2) is 0 Å². The number of aryl methyl sites for hydroxylation is 2. The Kier molecular flexibility index (Phi) is 6.09. The van der Waals surface area contributed by atoms with Crippen molar-refractivity contribution in [1.29, 1.82) is 0 Å². The maximum atomic E-state index is 13.1. The summed E-state index contributed by atoms with van der Waals surface area (Å²) < 4.78 is 2.59. The molecule has 0 aliphatic rings. The number of anilines is 4. The van der Waals surface area contributed by atoms with Crippen molar-refractivity contribution >= 4 is 56.2 Å². The lowest BCUT2D eigenvalue weighted by molar-refractivity contribution is 0.102. The zero-order valence-corrected chi connectivity index (χ0v) is 20.4. The van der Waals surface area contributed by atoms with Gasteiger partial charge in [-0.15, -0.1) is 11.3 Å². The van der Waals surface area contributed by atoms with Crippen molar-refractivity contribution in [1.82, 2.24) is 14.8 Å². The number of urea groups is 1. The van der Waals surface area contributed by atoms with Gasteiger partial charge in [-0.2, -0.15) is 5.10 Å². The average molecular weight is 498 g/mol. The number of nitrogens with one attached hydrogen (secondary N) is 3. The number of nitrogens with two attached hydrogens (primary N) is 1. The lowest BCUT2D eigenvalue weighted by Gasteiger charge is -2.10. The first-order valence-corrected chi connectivity index (χ1v) is 12.0. The molecule has 5 aromatic rings. The minimum absolute atomic E-state index is 0.295. The minimum Gasteiger partial charge on any atom is -0.383 e. The van der Waals surface area contributed by atoms with Crippen LogP contribution in [0, 0.1) is 6.92 Å².